The third kappa shape index (κ3) is 2.26. The second kappa shape index (κ2) is 5.91. The Bertz CT molecular complexity index is 580. The van der Waals surface area contributed by atoms with E-state index in [0.717, 1.165) is 32.2 Å². The first kappa shape index (κ1) is 16.2. The van der Waals surface area contributed by atoms with Gasteiger partial charge in [0.25, 0.3) is 0 Å². The van der Waals surface area contributed by atoms with Crippen LogP contribution in [0.2, 0.25) is 0 Å². The summed E-state index contributed by atoms with van der Waals surface area (Å²) in [6.07, 6.45) is 5.04. The van der Waals surface area contributed by atoms with Gasteiger partial charge in [0.15, 0.2) is 0 Å². The number of hydrogen-bond acceptors (Lipinski definition) is 5. The summed E-state index contributed by atoms with van der Waals surface area (Å²) in [4.78, 5) is 41.5. The third-order valence-electron chi connectivity index (χ3n) is 5.93. The van der Waals surface area contributed by atoms with Gasteiger partial charge in [-0.25, -0.2) is 0 Å². The highest BCUT2D eigenvalue weighted by Crippen LogP contribution is 2.48. The monoisotopic (exact) mass is 352 g/mol. The molecule has 7 nitrogen and oxygen atoms in total. The molecule has 0 aromatic heterocycles. The van der Waals surface area contributed by atoms with Gasteiger partial charge in [-0.15, -0.1) is 11.8 Å². The molecule has 4 rings (SSSR count). The van der Waals surface area contributed by atoms with Crippen molar-refractivity contribution in [2.75, 3.05) is 18.8 Å². The maximum Gasteiger partial charge on any atom is 0.250 e. The van der Waals surface area contributed by atoms with Gasteiger partial charge in [0.05, 0.1) is 11.4 Å². The van der Waals surface area contributed by atoms with Crippen molar-refractivity contribution < 1.29 is 14.4 Å². The summed E-state index contributed by atoms with van der Waals surface area (Å²) in [6.45, 7) is 1.49. The summed E-state index contributed by atoms with van der Waals surface area (Å²) >= 11 is 1.62. The van der Waals surface area contributed by atoms with Crippen LogP contribution in [0.4, 0.5) is 0 Å². The Balaban J connectivity index is 1.63. The van der Waals surface area contributed by atoms with Crippen molar-refractivity contribution in [3.05, 3.63) is 0 Å². The van der Waals surface area contributed by atoms with Crippen molar-refractivity contribution in [2.45, 2.75) is 61.5 Å². The number of primary amides is 1. The van der Waals surface area contributed by atoms with E-state index in [2.05, 4.69) is 5.32 Å². The van der Waals surface area contributed by atoms with Gasteiger partial charge in [0.2, 0.25) is 17.7 Å². The molecule has 4 aliphatic heterocycles. The smallest absolute Gasteiger partial charge is 0.250 e. The normalized spacial score (nSPS) is 38.8. The van der Waals surface area contributed by atoms with Crippen LogP contribution in [0.25, 0.3) is 0 Å². The lowest BCUT2D eigenvalue weighted by Crippen LogP contribution is -2.62. The van der Waals surface area contributed by atoms with Crippen LogP contribution >= 0.6 is 11.8 Å². The Labute approximate surface area is 145 Å². The van der Waals surface area contributed by atoms with Gasteiger partial charge in [0.1, 0.15) is 11.6 Å². The molecule has 4 heterocycles. The second-order valence-corrected chi connectivity index (χ2v) is 8.46. The minimum absolute atomic E-state index is 0.0278. The predicted molar refractivity (Wildman–Crippen MR) is 90.0 cm³/mol. The Morgan fingerprint density at radius 2 is 2.12 bits per heavy atom. The molecule has 0 saturated carbocycles. The lowest BCUT2D eigenvalue weighted by molar-refractivity contribution is -0.154. The van der Waals surface area contributed by atoms with Gasteiger partial charge in [-0.2, -0.15) is 0 Å². The number of nitrogens with one attached hydrogen (secondary N) is 1. The van der Waals surface area contributed by atoms with Crippen LogP contribution in [0.15, 0.2) is 0 Å². The van der Waals surface area contributed by atoms with Crippen LogP contribution < -0.4 is 11.1 Å². The van der Waals surface area contributed by atoms with E-state index in [1.165, 1.54) is 0 Å². The quantitative estimate of drug-likeness (QED) is 0.708. The van der Waals surface area contributed by atoms with Gasteiger partial charge in [-0.3, -0.25) is 14.4 Å². The van der Waals surface area contributed by atoms with Gasteiger partial charge >= 0.3 is 0 Å². The molecule has 4 fully saturated rings. The third-order valence-corrected chi connectivity index (χ3v) is 7.22. The highest BCUT2D eigenvalue weighted by atomic mass is 32.2. The molecular weight excluding hydrogens is 328 g/mol. The topological polar surface area (TPSA) is 95.7 Å². The minimum Gasteiger partial charge on any atom is -0.368 e. The average molecular weight is 352 g/mol. The summed E-state index contributed by atoms with van der Waals surface area (Å²) in [7, 11) is 0. The van der Waals surface area contributed by atoms with E-state index in [9.17, 15) is 14.4 Å². The molecule has 3 amide bonds. The fourth-order valence-electron chi connectivity index (χ4n) is 4.70. The summed E-state index contributed by atoms with van der Waals surface area (Å²) in [5.41, 5.74) is 4.73. The number of hydrogen-bond donors (Lipinski definition) is 2. The number of nitrogens with two attached hydrogens (primary N) is 1. The molecule has 3 N–H and O–H groups in total. The van der Waals surface area contributed by atoms with E-state index in [4.69, 9.17) is 5.73 Å². The van der Waals surface area contributed by atoms with E-state index >= 15 is 0 Å². The number of piperidine rings is 1. The Morgan fingerprint density at radius 1 is 1.29 bits per heavy atom. The number of carbonyl (C=O) groups excluding carboxylic acids is 3. The van der Waals surface area contributed by atoms with Gasteiger partial charge in [-0.05, 0) is 38.6 Å². The number of rotatable bonds is 2. The number of nitrogens with zero attached hydrogens (tertiary/aromatic N) is 2. The molecule has 0 aromatic rings. The largest absolute Gasteiger partial charge is 0.368 e. The van der Waals surface area contributed by atoms with E-state index in [-0.39, 0.29) is 23.2 Å². The minimum atomic E-state index is -0.759. The molecule has 1 spiro atoms. The summed E-state index contributed by atoms with van der Waals surface area (Å²) < 4.78 is 0. The zero-order valence-corrected chi connectivity index (χ0v) is 14.5. The van der Waals surface area contributed by atoms with Crippen molar-refractivity contribution in [2.24, 2.45) is 5.73 Å². The van der Waals surface area contributed by atoms with E-state index in [1.54, 1.807) is 16.7 Å². The number of likely N-dealkylation sites (tertiary alicyclic amines) is 1. The number of carbonyl (C=O) groups is 3. The second-order valence-electron chi connectivity index (χ2n) is 7.25. The molecule has 132 valence electrons. The van der Waals surface area contributed by atoms with E-state index in [1.807, 2.05) is 4.90 Å². The summed E-state index contributed by atoms with van der Waals surface area (Å²) in [5, 5.41) is 3.23. The van der Waals surface area contributed by atoms with Crippen molar-refractivity contribution in [3.8, 4) is 0 Å². The Morgan fingerprint density at radius 3 is 2.83 bits per heavy atom. The van der Waals surface area contributed by atoms with Crippen molar-refractivity contribution in [1.82, 2.24) is 15.1 Å². The molecule has 0 aromatic carbocycles. The van der Waals surface area contributed by atoms with Crippen LogP contribution in [0.5, 0.6) is 0 Å². The Kier molecular flexibility index (Phi) is 3.99. The van der Waals surface area contributed by atoms with Crippen LogP contribution in [-0.2, 0) is 14.4 Å². The van der Waals surface area contributed by atoms with Crippen molar-refractivity contribution in [1.29, 1.82) is 0 Å². The molecular formula is C16H24N4O3S. The van der Waals surface area contributed by atoms with Crippen LogP contribution in [0.3, 0.4) is 0 Å². The molecule has 0 bridgehead atoms. The van der Waals surface area contributed by atoms with Crippen LogP contribution in [-0.4, -0.2) is 69.4 Å². The number of thioether (sulfide) groups is 1. The zero-order chi connectivity index (χ0) is 16.9. The number of fused-ring (bicyclic) bond motifs is 1. The fourth-order valence-corrected chi connectivity index (χ4v) is 6.23. The van der Waals surface area contributed by atoms with Crippen LogP contribution in [0, 0.1) is 0 Å². The standard InChI is InChI=1S/C16H24N4O3S/c17-13(21)11-9-24-12-8-16(15(23)20(11)12)5-1-2-7-19(16)14(22)10-4-3-6-18-10/h10-12,18H,1-9H2,(H2,17,21)/t10-,11+,12+,16-/m0/s1. The van der Waals surface area contributed by atoms with Crippen molar-refractivity contribution >= 4 is 29.5 Å². The molecule has 0 radical (unpaired) electrons. The Hall–Kier alpha value is -1.28. The maximum absolute atomic E-state index is 13.3. The average Bonchev–Trinajstić information content (AvgIpc) is 3.27. The highest BCUT2D eigenvalue weighted by Gasteiger charge is 2.61. The predicted octanol–water partition coefficient (Wildman–Crippen LogP) is -0.351. The first-order chi connectivity index (χ1) is 11.5. The molecule has 8 heteroatoms. The van der Waals surface area contributed by atoms with Crippen LogP contribution in [0.1, 0.15) is 38.5 Å². The van der Waals surface area contributed by atoms with Crippen molar-refractivity contribution in [3.63, 3.8) is 0 Å². The highest BCUT2D eigenvalue weighted by molar-refractivity contribution is 8.00. The SMILES string of the molecule is NC(=O)[C@H]1CS[C@@H]2C[C@@]3(CCCCN3C(=O)[C@@H]3CCCN3)C(=O)N12. The molecule has 4 atom stereocenters. The summed E-state index contributed by atoms with van der Waals surface area (Å²) in [5.74, 6) is 0.121. The maximum atomic E-state index is 13.3. The van der Waals surface area contributed by atoms with E-state index < -0.39 is 17.5 Å². The van der Waals surface area contributed by atoms with Gasteiger partial charge < -0.3 is 20.9 Å². The molecule has 0 unspecified atom stereocenters. The lowest BCUT2D eigenvalue weighted by Gasteiger charge is -2.44. The zero-order valence-electron chi connectivity index (χ0n) is 13.7. The first-order valence-corrected chi connectivity index (χ1v) is 9.88. The molecule has 4 saturated heterocycles. The fraction of sp³-hybridized carbons (Fsp3) is 0.812. The molecule has 0 aliphatic carbocycles. The van der Waals surface area contributed by atoms with Gasteiger partial charge in [-0.1, -0.05) is 0 Å². The molecule has 4 aliphatic rings. The first-order valence-electron chi connectivity index (χ1n) is 8.83. The van der Waals surface area contributed by atoms with Gasteiger partial charge in [0, 0.05) is 18.7 Å². The number of amides is 3. The molecule has 24 heavy (non-hydrogen) atoms. The lowest BCUT2D eigenvalue weighted by atomic mass is 9.84. The van der Waals surface area contributed by atoms with E-state index in [0.29, 0.717) is 25.1 Å². The summed E-state index contributed by atoms with van der Waals surface area (Å²) in [6, 6.07) is -0.696.